The molecule has 1 aromatic heterocycles. The highest BCUT2D eigenvalue weighted by Gasteiger charge is 2.45. The number of amides is 1. The lowest BCUT2D eigenvalue weighted by molar-refractivity contribution is -0.117. The number of Topliss-reactive ketones (excluding diaryl/α,β-unsaturated/α-hetero) is 1. The summed E-state index contributed by atoms with van der Waals surface area (Å²) < 4.78 is 11.2. The summed E-state index contributed by atoms with van der Waals surface area (Å²) in [5, 5.41) is 21.8. The molecule has 0 radical (unpaired) electrons. The highest BCUT2D eigenvalue weighted by molar-refractivity contribution is 6.31. The second kappa shape index (κ2) is 8.77. The van der Waals surface area contributed by atoms with Gasteiger partial charge in [-0.25, -0.2) is 0 Å². The number of phenolic OH excluding ortho intramolecular Hbond substituents is 1. The fourth-order valence-corrected chi connectivity index (χ4v) is 4.74. The fourth-order valence-electron chi connectivity index (χ4n) is 4.52. The lowest BCUT2D eigenvalue weighted by Gasteiger charge is -2.28. The van der Waals surface area contributed by atoms with Gasteiger partial charge >= 0.3 is 0 Å². The maximum absolute atomic E-state index is 13.8. The Labute approximate surface area is 211 Å². The molecule has 2 heterocycles. The molecule has 182 valence electrons. The van der Waals surface area contributed by atoms with Crippen molar-refractivity contribution in [3.8, 4) is 11.5 Å². The number of furan rings is 1. The number of aliphatic hydroxyl groups excluding tert-OH is 1. The van der Waals surface area contributed by atoms with Gasteiger partial charge in [-0.05, 0) is 60.9 Å². The summed E-state index contributed by atoms with van der Waals surface area (Å²) in [7, 11) is 1.46. The minimum Gasteiger partial charge on any atom is -0.508 e. The Morgan fingerprint density at radius 3 is 2.44 bits per heavy atom. The number of nitrogens with zero attached hydrogens (tertiary/aromatic N) is 1. The Kier molecular flexibility index (Phi) is 5.73. The Morgan fingerprint density at radius 1 is 1.03 bits per heavy atom. The fraction of sp³-hybridized carbons (Fsp3) is 0.143. The summed E-state index contributed by atoms with van der Waals surface area (Å²) >= 11 is 6.16. The molecule has 0 saturated heterocycles. The molecular formula is C28H22ClNO6. The van der Waals surface area contributed by atoms with Crippen molar-refractivity contribution in [1.82, 2.24) is 0 Å². The van der Waals surface area contributed by atoms with Gasteiger partial charge < -0.3 is 19.4 Å². The number of carbonyl (C=O) groups excluding carboxylic acids is 2. The van der Waals surface area contributed by atoms with Crippen LogP contribution >= 0.6 is 11.6 Å². The van der Waals surface area contributed by atoms with Crippen LogP contribution in [-0.4, -0.2) is 29.0 Å². The van der Waals surface area contributed by atoms with E-state index < -0.39 is 23.5 Å². The summed E-state index contributed by atoms with van der Waals surface area (Å²) in [6.45, 7) is 3.74. The number of benzene rings is 3. The molecule has 2 N–H and O–H groups in total. The first-order chi connectivity index (χ1) is 17.2. The number of phenols is 1. The number of fused-ring (bicyclic) bond motifs is 1. The molecular weight excluding hydrogens is 482 g/mol. The highest BCUT2D eigenvalue weighted by atomic mass is 35.5. The predicted molar refractivity (Wildman–Crippen MR) is 136 cm³/mol. The zero-order valence-corrected chi connectivity index (χ0v) is 20.5. The Bertz CT molecular complexity index is 1570. The molecule has 1 atom stereocenters. The summed E-state index contributed by atoms with van der Waals surface area (Å²) in [5.74, 6) is -1.72. The number of halogens is 1. The highest BCUT2D eigenvalue weighted by Crippen LogP contribution is 2.44. The number of aromatic hydroxyl groups is 1. The number of aryl methyl sites for hydroxylation is 2. The van der Waals surface area contributed by atoms with Crippen molar-refractivity contribution in [3.05, 3.63) is 99.5 Å². The molecule has 0 bridgehead atoms. The van der Waals surface area contributed by atoms with Crippen LogP contribution in [0, 0.1) is 13.8 Å². The van der Waals surface area contributed by atoms with Gasteiger partial charge in [0.2, 0.25) is 5.78 Å². The molecule has 0 saturated carbocycles. The smallest absolute Gasteiger partial charge is 0.294 e. The topological polar surface area (TPSA) is 100 Å². The van der Waals surface area contributed by atoms with E-state index in [0.29, 0.717) is 33.0 Å². The van der Waals surface area contributed by atoms with E-state index in [0.717, 1.165) is 11.1 Å². The first-order valence-corrected chi connectivity index (χ1v) is 11.5. The minimum atomic E-state index is -0.954. The van der Waals surface area contributed by atoms with Crippen LogP contribution in [0.4, 0.5) is 5.69 Å². The number of aliphatic hydroxyl groups is 1. The average molecular weight is 504 g/mol. The first kappa shape index (κ1) is 23.5. The van der Waals surface area contributed by atoms with Crippen LogP contribution in [0.1, 0.15) is 33.3 Å². The van der Waals surface area contributed by atoms with E-state index in [1.54, 1.807) is 24.3 Å². The zero-order valence-electron chi connectivity index (χ0n) is 19.7. The van der Waals surface area contributed by atoms with Crippen LogP contribution < -0.4 is 9.64 Å². The number of hydrogen-bond donors (Lipinski definition) is 2. The predicted octanol–water partition coefficient (Wildman–Crippen LogP) is 6.20. The van der Waals surface area contributed by atoms with Gasteiger partial charge in [0.1, 0.15) is 5.75 Å². The Hall–Kier alpha value is -4.23. The van der Waals surface area contributed by atoms with Gasteiger partial charge in [-0.3, -0.25) is 14.5 Å². The van der Waals surface area contributed by atoms with Crippen molar-refractivity contribution in [3.63, 3.8) is 0 Å². The van der Waals surface area contributed by atoms with E-state index in [4.69, 9.17) is 20.8 Å². The molecule has 4 aromatic rings. The third-order valence-corrected chi connectivity index (χ3v) is 6.49. The van der Waals surface area contributed by atoms with E-state index in [1.807, 2.05) is 32.0 Å². The Morgan fingerprint density at radius 2 is 1.75 bits per heavy atom. The molecule has 0 spiro atoms. The lowest BCUT2D eigenvalue weighted by atomic mass is 9.94. The maximum Gasteiger partial charge on any atom is 0.294 e. The van der Waals surface area contributed by atoms with Crippen molar-refractivity contribution in [1.29, 1.82) is 0 Å². The van der Waals surface area contributed by atoms with E-state index in [1.165, 1.54) is 30.2 Å². The SMILES string of the molecule is COc1cc(Cl)cc2cc(C(=O)C3=C(O)C(=O)N(c4cc(C)ccc4C)C3c3ccc(O)cc3)oc12. The molecule has 1 aliphatic rings. The van der Waals surface area contributed by atoms with Gasteiger partial charge in [0.05, 0.1) is 18.7 Å². The molecule has 1 aliphatic heterocycles. The van der Waals surface area contributed by atoms with Crippen molar-refractivity contribution in [2.24, 2.45) is 0 Å². The number of methoxy groups -OCH3 is 1. The van der Waals surface area contributed by atoms with E-state index in [9.17, 15) is 19.8 Å². The van der Waals surface area contributed by atoms with Crippen molar-refractivity contribution in [2.75, 3.05) is 12.0 Å². The van der Waals surface area contributed by atoms with Gasteiger partial charge in [0.25, 0.3) is 5.91 Å². The van der Waals surface area contributed by atoms with Crippen molar-refractivity contribution >= 4 is 39.9 Å². The molecule has 7 nitrogen and oxygen atoms in total. The molecule has 1 unspecified atom stereocenters. The molecule has 3 aromatic carbocycles. The minimum absolute atomic E-state index is 0.0312. The van der Waals surface area contributed by atoms with Gasteiger partial charge in [-0.2, -0.15) is 0 Å². The van der Waals surface area contributed by atoms with Crippen LogP contribution in [0.3, 0.4) is 0 Å². The summed E-state index contributed by atoms with van der Waals surface area (Å²) in [4.78, 5) is 28.7. The normalized spacial score (nSPS) is 15.7. The van der Waals surface area contributed by atoms with Gasteiger partial charge in [-0.1, -0.05) is 35.9 Å². The van der Waals surface area contributed by atoms with E-state index in [2.05, 4.69) is 0 Å². The van der Waals surface area contributed by atoms with Crippen LogP contribution in [-0.2, 0) is 4.79 Å². The van der Waals surface area contributed by atoms with Gasteiger partial charge in [0, 0.05) is 22.2 Å². The number of carbonyl (C=O) groups is 2. The molecule has 36 heavy (non-hydrogen) atoms. The number of ketones is 1. The van der Waals surface area contributed by atoms with Crippen LogP contribution in [0.25, 0.3) is 11.0 Å². The standard InChI is InChI=1S/C28H22ClNO6/c1-14-4-5-15(2)20(10-14)30-24(16-6-8-19(31)9-7-16)23(26(33)28(30)34)25(32)21-12-17-11-18(29)13-22(35-3)27(17)36-21/h4-13,24,31,33H,1-3H3. The second-order valence-corrected chi connectivity index (χ2v) is 9.12. The second-order valence-electron chi connectivity index (χ2n) is 8.69. The largest absolute Gasteiger partial charge is 0.508 e. The maximum atomic E-state index is 13.8. The summed E-state index contributed by atoms with van der Waals surface area (Å²) in [6.07, 6.45) is 0. The van der Waals surface area contributed by atoms with E-state index >= 15 is 0 Å². The number of rotatable bonds is 5. The first-order valence-electron chi connectivity index (χ1n) is 11.1. The molecule has 0 aliphatic carbocycles. The summed E-state index contributed by atoms with van der Waals surface area (Å²) in [5.41, 5.74) is 2.99. The number of anilines is 1. The summed E-state index contributed by atoms with van der Waals surface area (Å²) in [6, 6.07) is 15.5. The van der Waals surface area contributed by atoms with Crippen LogP contribution in [0.2, 0.25) is 5.02 Å². The molecule has 8 heteroatoms. The quantitative estimate of drug-likeness (QED) is 0.314. The number of ether oxygens (including phenoxy) is 1. The van der Waals surface area contributed by atoms with Crippen LogP contribution in [0.5, 0.6) is 11.5 Å². The molecule has 1 amide bonds. The van der Waals surface area contributed by atoms with E-state index in [-0.39, 0.29) is 17.1 Å². The number of hydrogen-bond acceptors (Lipinski definition) is 6. The van der Waals surface area contributed by atoms with Gasteiger partial charge in [0.15, 0.2) is 22.9 Å². The van der Waals surface area contributed by atoms with Crippen LogP contribution in [0.15, 0.2) is 76.4 Å². The zero-order chi connectivity index (χ0) is 25.7. The van der Waals surface area contributed by atoms with Gasteiger partial charge in [-0.15, -0.1) is 0 Å². The lowest BCUT2D eigenvalue weighted by Crippen LogP contribution is -2.31. The molecule has 0 fully saturated rings. The molecule has 5 rings (SSSR count). The average Bonchev–Trinajstić information content (AvgIpc) is 3.39. The van der Waals surface area contributed by atoms with Crippen molar-refractivity contribution in [2.45, 2.75) is 19.9 Å². The monoisotopic (exact) mass is 503 g/mol. The third kappa shape index (κ3) is 3.78. The third-order valence-electron chi connectivity index (χ3n) is 6.28. The Balaban J connectivity index is 1.69. The van der Waals surface area contributed by atoms with Crippen molar-refractivity contribution < 1.29 is 29.0 Å².